The van der Waals surface area contributed by atoms with Crippen LogP contribution in [0.15, 0.2) is 30.6 Å². The summed E-state index contributed by atoms with van der Waals surface area (Å²) >= 11 is 1.32. The Labute approximate surface area is 109 Å². The second-order valence-corrected chi connectivity index (χ2v) is 4.47. The van der Waals surface area contributed by atoms with Crippen molar-refractivity contribution in [2.24, 2.45) is 0 Å². The summed E-state index contributed by atoms with van der Waals surface area (Å²) in [6.45, 7) is 9.22. The Morgan fingerprint density at radius 3 is 3.06 bits per heavy atom. The first-order valence-electron chi connectivity index (χ1n) is 5.35. The summed E-state index contributed by atoms with van der Waals surface area (Å²) in [5.74, 6) is -0.327. The number of carbonyl (C=O) groups is 1. The summed E-state index contributed by atoms with van der Waals surface area (Å²) < 4.78 is 4.93. The van der Waals surface area contributed by atoms with E-state index in [2.05, 4.69) is 9.83 Å². The Morgan fingerprint density at radius 1 is 1.50 bits per heavy atom. The quantitative estimate of drug-likeness (QED) is 0.624. The molecule has 0 N–H and O–H groups in total. The van der Waals surface area contributed by atoms with Gasteiger partial charge in [0.05, 0.1) is 13.2 Å². The summed E-state index contributed by atoms with van der Waals surface area (Å²) in [6.07, 6.45) is 3.15. The van der Waals surface area contributed by atoms with Crippen molar-refractivity contribution in [3.8, 4) is 10.4 Å². The van der Waals surface area contributed by atoms with Crippen molar-refractivity contribution >= 4 is 23.0 Å². The average Bonchev–Trinajstić information content (AvgIpc) is 2.88. The zero-order valence-corrected chi connectivity index (χ0v) is 10.5. The van der Waals surface area contributed by atoms with Gasteiger partial charge in [0.15, 0.2) is 0 Å². The lowest BCUT2D eigenvalue weighted by Crippen LogP contribution is -2.01. The van der Waals surface area contributed by atoms with E-state index in [1.807, 2.05) is 6.07 Å². The topological polar surface area (TPSA) is 43.5 Å². The standard InChI is InChI=1S/C13H10N2O2S/c1-3-17-13(16)12-5-4-11(18-12)9-6-7-15-8-10(9)14-2/h4-8H,3H2,1H3. The smallest absolute Gasteiger partial charge is 0.348 e. The summed E-state index contributed by atoms with van der Waals surface area (Å²) in [4.78, 5) is 20.3. The summed E-state index contributed by atoms with van der Waals surface area (Å²) in [6, 6.07) is 5.31. The fourth-order valence-corrected chi connectivity index (χ4v) is 2.41. The van der Waals surface area contributed by atoms with Crippen LogP contribution in [0.4, 0.5) is 5.69 Å². The SMILES string of the molecule is [C-]#[N+]c1cnccc1-c1ccc(C(=O)OCC)s1. The molecule has 0 saturated carbocycles. The fraction of sp³-hybridized carbons (Fsp3) is 0.154. The van der Waals surface area contributed by atoms with Crippen LogP contribution in [0.5, 0.6) is 0 Å². The van der Waals surface area contributed by atoms with Crippen LogP contribution in [0.25, 0.3) is 15.3 Å². The molecule has 90 valence electrons. The van der Waals surface area contributed by atoms with Crippen LogP contribution >= 0.6 is 11.3 Å². The minimum absolute atomic E-state index is 0.327. The van der Waals surface area contributed by atoms with Gasteiger partial charge in [0.25, 0.3) is 0 Å². The number of aromatic nitrogens is 1. The summed E-state index contributed by atoms with van der Waals surface area (Å²) in [7, 11) is 0. The lowest BCUT2D eigenvalue weighted by molar-refractivity contribution is 0.0532. The van der Waals surface area contributed by atoms with Crippen molar-refractivity contribution in [1.82, 2.24) is 4.98 Å². The molecule has 0 amide bonds. The molecule has 4 nitrogen and oxygen atoms in total. The second-order valence-electron chi connectivity index (χ2n) is 3.39. The van der Waals surface area contributed by atoms with Crippen LogP contribution in [0.2, 0.25) is 0 Å². The minimum atomic E-state index is -0.327. The maximum Gasteiger partial charge on any atom is 0.348 e. The molecule has 18 heavy (non-hydrogen) atoms. The molecule has 0 aliphatic carbocycles. The number of thiophene rings is 1. The third-order valence-corrected chi connectivity index (χ3v) is 3.37. The molecule has 0 saturated heterocycles. The Hall–Kier alpha value is -2.19. The van der Waals surface area contributed by atoms with Crippen molar-refractivity contribution in [3.05, 3.63) is 46.9 Å². The summed E-state index contributed by atoms with van der Waals surface area (Å²) in [5.41, 5.74) is 1.27. The zero-order chi connectivity index (χ0) is 13.0. The van der Waals surface area contributed by atoms with Crippen molar-refractivity contribution in [2.45, 2.75) is 6.92 Å². The first kappa shape index (κ1) is 12.3. The average molecular weight is 258 g/mol. The number of pyridine rings is 1. The van der Waals surface area contributed by atoms with Gasteiger partial charge in [-0.2, -0.15) is 0 Å². The maximum absolute atomic E-state index is 11.6. The molecule has 2 rings (SSSR count). The molecule has 5 heteroatoms. The van der Waals surface area contributed by atoms with Gasteiger partial charge in [0.1, 0.15) is 4.88 Å². The highest BCUT2D eigenvalue weighted by Gasteiger charge is 2.12. The predicted octanol–water partition coefficient (Wildman–Crippen LogP) is 3.54. The van der Waals surface area contributed by atoms with E-state index in [-0.39, 0.29) is 5.97 Å². The van der Waals surface area contributed by atoms with Gasteiger partial charge in [-0.1, -0.05) is 0 Å². The Morgan fingerprint density at radius 2 is 2.33 bits per heavy atom. The van der Waals surface area contributed by atoms with E-state index >= 15 is 0 Å². The highest BCUT2D eigenvalue weighted by atomic mass is 32.1. The lowest BCUT2D eigenvalue weighted by Gasteiger charge is -1.99. The molecular weight excluding hydrogens is 248 g/mol. The third-order valence-electron chi connectivity index (χ3n) is 2.27. The Kier molecular flexibility index (Phi) is 3.70. The number of rotatable bonds is 3. The molecular formula is C13H10N2O2S. The van der Waals surface area contributed by atoms with Crippen molar-refractivity contribution < 1.29 is 9.53 Å². The van der Waals surface area contributed by atoms with Gasteiger partial charge in [-0.3, -0.25) is 4.98 Å². The maximum atomic E-state index is 11.6. The fourth-order valence-electron chi connectivity index (χ4n) is 1.48. The molecule has 0 fully saturated rings. The minimum Gasteiger partial charge on any atom is -0.462 e. The number of esters is 1. The monoisotopic (exact) mass is 258 g/mol. The first-order chi connectivity index (χ1) is 8.76. The van der Waals surface area contributed by atoms with Gasteiger partial charge in [-0.05, 0) is 25.1 Å². The lowest BCUT2D eigenvalue weighted by atomic mass is 10.2. The van der Waals surface area contributed by atoms with Crippen LogP contribution in [-0.4, -0.2) is 17.6 Å². The van der Waals surface area contributed by atoms with Gasteiger partial charge in [-0.25, -0.2) is 9.64 Å². The summed E-state index contributed by atoms with van der Waals surface area (Å²) in [5, 5.41) is 0. The first-order valence-corrected chi connectivity index (χ1v) is 6.16. The highest BCUT2D eigenvalue weighted by molar-refractivity contribution is 7.17. The van der Waals surface area contributed by atoms with Crippen molar-refractivity contribution in [3.63, 3.8) is 0 Å². The van der Waals surface area contributed by atoms with E-state index in [9.17, 15) is 4.79 Å². The molecule has 2 aromatic heterocycles. The number of nitrogens with zero attached hydrogens (tertiary/aromatic N) is 2. The van der Waals surface area contributed by atoms with E-state index in [1.54, 1.807) is 25.3 Å². The molecule has 0 spiro atoms. The van der Waals surface area contributed by atoms with Crippen LogP contribution < -0.4 is 0 Å². The third kappa shape index (κ3) is 2.39. The largest absolute Gasteiger partial charge is 0.462 e. The van der Waals surface area contributed by atoms with Gasteiger partial charge >= 0.3 is 5.97 Å². The molecule has 0 bridgehead atoms. The number of hydrogen-bond donors (Lipinski definition) is 0. The van der Waals surface area contributed by atoms with Crippen molar-refractivity contribution in [2.75, 3.05) is 6.61 Å². The van der Waals surface area contributed by atoms with Gasteiger partial charge in [-0.15, -0.1) is 11.3 Å². The normalized spacial score (nSPS) is 9.78. The second kappa shape index (κ2) is 5.43. The van der Waals surface area contributed by atoms with Crippen LogP contribution in [0.3, 0.4) is 0 Å². The van der Waals surface area contributed by atoms with Crippen molar-refractivity contribution in [1.29, 1.82) is 0 Å². The molecule has 0 aliphatic rings. The van der Waals surface area contributed by atoms with Gasteiger partial charge in [0, 0.05) is 22.8 Å². The van der Waals surface area contributed by atoms with Crippen LogP contribution in [0, 0.1) is 6.57 Å². The van der Waals surface area contributed by atoms with Crippen LogP contribution in [0.1, 0.15) is 16.6 Å². The molecule has 0 aromatic carbocycles. The van der Waals surface area contributed by atoms with E-state index < -0.39 is 0 Å². The van der Waals surface area contributed by atoms with Gasteiger partial charge in [0.2, 0.25) is 5.69 Å². The van der Waals surface area contributed by atoms with E-state index in [0.717, 1.165) is 10.4 Å². The molecule has 2 aromatic rings. The Balaban J connectivity index is 2.36. The number of hydrogen-bond acceptors (Lipinski definition) is 4. The van der Waals surface area contributed by atoms with E-state index in [1.165, 1.54) is 17.5 Å². The van der Waals surface area contributed by atoms with E-state index in [0.29, 0.717) is 17.2 Å². The molecule has 0 radical (unpaired) electrons. The zero-order valence-electron chi connectivity index (χ0n) is 9.71. The number of carbonyl (C=O) groups excluding carboxylic acids is 1. The van der Waals surface area contributed by atoms with E-state index in [4.69, 9.17) is 11.3 Å². The van der Waals surface area contributed by atoms with Gasteiger partial charge < -0.3 is 4.74 Å². The predicted molar refractivity (Wildman–Crippen MR) is 69.8 cm³/mol. The molecule has 0 unspecified atom stereocenters. The molecule has 2 heterocycles. The number of ether oxygens (including phenoxy) is 1. The van der Waals surface area contributed by atoms with Crippen LogP contribution in [-0.2, 0) is 4.74 Å². The highest BCUT2D eigenvalue weighted by Crippen LogP contribution is 2.34. The molecule has 0 atom stereocenters. The molecule has 0 aliphatic heterocycles. The Bertz CT molecular complexity index is 613.